The van der Waals surface area contributed by atoms with E-state index in [2.05, 4.69) is 23.1 Å². The number of nitrogens with zero attached hydrogens (tertiary/aromatic N) is 2. The van der Waals surface area contributed by atoms with Gasteiger partial charge in [-0.1, -0.05) is 24.3 Å². The van der Waals surface area contributed by atoms with Crippen molar-refractivity contribution < 1.29 is 32.0 Å². The van der Waals surface area contributed by atoms with Gasteiger partial charge >= 0.3 is 6.03 Å². The lowest BCUT2D eigenvalue weighted by molar-refractivity contribution is -0.471. The Bertz CT molecular complexity index is 1290. The molecule has 0 radical (unpaired) electrons. The van der Waals surface area contributed by atoms with Crippen LogP contribution in [-0.2, 0) is 6.42 Å². The van der Waals surface area contributed by atoms with Gasteiger partial charge in [0.05, 0.1) is 12.5 Å². The third kappa shape index (κ3) is 3.62. The molecule has 0 saturated carbocycles. The molecule has 0 bridgehead atoms. The van der Waals surface area contributed by atoms with E-state index in [0.29, 0.717) is 23.3 Å². The van der Waals surface area contributed by atoms with E-state index >= 15 is 0 Å². The number of benzene rings is 2. The molecule has 1 fully saturated rings. The number of amides is 3. The van der Waals surface area contributed by atoms with Crippen LogP contribution in [0.1, 0.15) is 38.7 Å². The van der Waals surface area contributed by atoms with Crippen LogP contribution in [-0.4, -0.2) is 55.0 Å². The van der Waals surface area contributed by atoms with Crippen molar-refractivity contribution in [1.29, 1.82) is 0 Å². The molecule has 3 amide bonds. The highest BCUT2D eigenvalue weighted by molar-refractivity contribution is 7.21. The normalized spacial score (nSPS) is 21.8. The molecule has 0 spiro atoms. The number of fused-ring (bicyclic) bond motifs is 6. The molecule has 2 atom stereocenters. The van der Waals surface area contributed by atoms with Crippen LogP contribution < -0.4 is 22.5 Å². The number of urea groups is 1. The number of likely N-dealkylation sites (tertiary alicyclic amines) is 1. The topological polar surface area (TPSA) is 66.5 Å². The molecule has 1 saturated heterocycles. The summed E-state index contributed by atoms with van der Waals surface area (Å²) in [5.41, 5.74) is 4.67. The first kappa shape index (κ1) is 23.3. The van der Waals surface area contributed by atoms with Crippen LogP contribution in [0.3, 0.4) is 0 Å². The third-order valence-corrected chi connectivity index (χ3v) is 8.80. The first-order valence-corrected chi connectivity index (χ1v) is 12.5. The molecule has 6 rings (SSSR count). The molecule has 2 N–H and O–H groups in total. The van der Waals surface area contributed by atoms with E-state index in [0.717, 1.165) is 59.6 Å². The standard InChI is InChI=1S/C26H27N3O3S.ClH/c1-15-5-3-8-21-22(15)23-24(33-21)25(30)29(26(31)27-23)12-11-28-13-16-9-10-18-17(19(16)14-28)6-4-7-20(18)32-2;/h3-8,16,19H,9-14H2,1-2H3,(H,27,31);1H/t16-,19+;/m0./s1. The fourth-order valence-corrected chi connectivity index (χ4v) is 7.24. The van der Waals surface area contributed by atoms with E-state index in [4.69, 9.17) is 4.74 Å². The first-order chi connectivity index (χ1) is 16.0. The van der Waals surface area contributed by atoms with Crippen molar-refractivity contribution in [3.63, 3.8) is 0 Å². The minimum absolute atomic E-state index is 0. The molecular weight excluding hydrogens is 470 g/mol. The zero-order valence-electron chi connectivity index (χ0n) is 19.3. The second kappa shape index (κ2) is 8.96. The van der Waals surface area contributed by atoms with Crippen LogP contribution in [0.4, 0.5) is 10.5 Å². The first-order valence-electron chi connectivity index (χ1n) is 11.7. The fourth-order valence-electron chi connectivity index (χ4n) is 6.03. The van der Waals surface area contributed by atoms with Crippen LogP contribution in [0.15, 0.2) is 36.4 Å². The van der Waals surface area contributed by atoms with E-state index in [-0.39, 0.29) is 24.3 Å². The van der Waals surface area contributed by atoms with E-state index in [1.807, 2.05) is 25.1 Å². The summed E-state index contributed by atoms with van der Waals surface area (Å²) in [6.07, 6.45) is 2.22. The zero-order chi connectivity index (χ0) is 22.7. The van der Waals surface area contributed by atoms with Crippen LogP contribution >= 0.6 is 11.3 Å². The molecule has 3 aliphatic rings. The average molecular weight is 498 g/mol. The number of methoxy groups -OCH3 is 1. The van der Waals surface area contributed by atoms with E-state index in [1.54, 1.807) is 12.4 Å². The zero-order valence-corrected chi connectivity index (χ0v) is 20.9. The lowest BCUT2D eigenvalue weighted by Crippen LogP contribution is -3.00. The molecule has 6 nitrogen and oxygen atoms in total. The summed E-state index contributed by atoms with van der Waals surface area (Å²) in [4.78, 5) is 30.7. The molecular formula is C26H28ClN3O3S. The Kier molecular flexibility index (Phi) is 6.14. The summed E-state index contributed by atoms with van der Waals surface area (Å²) in [6, 6.07) is 12.3. The Hall–Kier alpha value is -2.45. The van der Waals surface area contributed by atoms with Gasteiger partial charge in [-0.05, 0) is 54.5 Å². The maximum Gasteiger partial charge on any atom is 0.428 e. The number of thiophene rings is 1. The lowest BCUT2D eigenvalue weighted by Gasteiger charge is -2.28. The van der Waals surface area contributed by atoms with E-state index in [9.17, 15) is 9.59 Å². The number of rotatable bonds is 4. The van der Waals surface area contributed by atoms with Gasteiger partial charge in [0.15, 0.2) is 10.6 Å². The summed E-state index contributed by atoms with van der Waals surface area (Å²) in [5.74, 6) is 1.98. The van der Waals surface area contributed by atoms with Crippen LogP contribution in [0.25, 0.3) is 10.1 Å². The highest BCUT2D eigenvalue weighted by atomic mass is 35.5. The number of quaternary nitrogens is 1. The quantitative estimate of drug-likeness (QED) is 0.575. The van der Waals surface area contributed by atoms with E-state index < -0.39 is 0 Å². The average Bonchev–Trinajstić information content (AvgIpc) is 3.40. The molecule has 0 unspecified atom stereocenters. The molecule has 1 aliphatic carbocycles. The van der Waals surface area contributed by atoms with Crippen molar-refractivity contribution >= 4 is 39.0 Å². The predicted molar refractivity (Wildman–Crippen MR) is 129 cm³/mol. The Balaban J connectivity index is 0.00000241. The molecule has 8 heteroatoms. The summed E-state index contributed by atoms with van der Waals surface area (Å²) in [7, 11) is 1.75. The Morgan fingerprint density at radius 2 is 1.94 bits per heavy atom. The Morgan fingerprint density at radius 1 is 1.12 bits per heavy atom. The number of ether oxygens (including phenoxy) is 1. The Labute approximate surface area is 209 Å². The van der Waals surface area contributed by atoms with Gasteiger partial charge < -0.3 is 22.0 Å². The second-order valence-electron chi connectivity index (χ2n) is 9.43. The van der Waals surface area contributed by atoms with Crippen LogP contribution in [0, 0.1) is 12.8 Å². The number of aryl methyl sites for hydroxylation is 1. The number of primary amides is 1. The number of imide groups is 1. The highest BCUT2D eigenvalue weighted by Crippen LogP contribution is 2.44. The summed E-state index contributed by atoms with van der Waals surface area (Å²) >= 11 is 1.50. The van der Waals surface area contributed by atoms with E-state index in [1.165, 1.54) is 27.4 Å². The van der Waals surface area contributed by atoms with Crippen molar-refractivity contribution in [2.24, 2.45) is 5.92 Å². The van der Waals surface area contributed by atoms with Gasteiger partial charge in [0.1, 0.15) is 5.75 Å². The van der Waals surface area contributed by atoms with Crippen molar-refractivity contribution in [2.75, 3.05) is 33.3 Å². The minimum Gasteiger partial charge on any atom is -1.00 e. The second-order valence-corrected chi connectivity index (χ2v) is 10.5. The van der Waals surface area contributed by atoms with Crippen molar-refractivity contribution in [1.82, 2.24) is 9.80 Å². The fraction of sp³-hybridized carbons (Fsp3) is 0.385. The molecule has 34 heavy (non-hydrogen) atoms. The summed E-state index contributed by atoms with van der Waals surface area (Å²) in [6.45, 7) is 5.18. The van der Waals surface area contributed by atoms with Crippen molar-refractivity contribution in [3.8, 4) is 5.75 Å². The molecule has 3 aromatic rings. The highest BCUT2D eigenvalue weighted by Gasteiger charge is 2.41. The Morgan fingerprint density at radius 3 is 2.76 bits per heavy atom. The third-order valence-electron chi connectivity index (χ3n) is 7.64. The summed E-state index contributed by atoms with van der Waals surface area (Å²) in [5, 5.41) is 2.70. The lowest BCUT2D eigenvalue weighted by atomic mass is 9.77. The van der Waals surface area contributed by atoms with Gasteiger partial charge in [0.2, 0.25) is 0 Å². The van der Waals surface area contributed by atoms with Crippen molar-refractivity contribution in [2.45, 2.75) is 25.7 Å². The monoisotopic (exact) mass is 497 g/mol. The largest absolute Gasteiger partial charge is 1.00 e. The SMILES string of the molecule is COc1cccc2c1CC[C@H]1CN(CCN3C(=O)[NH2+]c4c(sc5cccc(C)c45)C3=O)C[C@@H]21.[Cl-]. The number of carbonyl (C=O) groups excluding carboxylic acids is 2. The number of hydrogen-bond donors (Lipinski definition) is 1. The van der Waals surface area contributed by atoms with Gasteiger partial charge in [0, 0.05) is 36.8 Å². The van der Waals surface area contributed by atoms with Gasteiger partial charge in [-0.15, -0.1) is 11.3 Å². The van der Waals surface area contributed by atoms with Gasteiger partial charge in [-0.2, -0.15) is 0 Å². The number of nitrogens with two attached hydrogens (primary N) is 1. The molecule has 2 aromatic carbocycles. The number of hydrogen-bond acceptors (Lipinski definition) is 5. The summed E-state index contributed by atoms with van der Waals surface area (Å²) < 4.78 is 6.67. The molecule has 178 valence electrons. The number of carbonyl (C=O) groups is 2. The van der Waals surface area contributed by atoms with Gasteiger partial charge in [-0.3, -0.25) is 4.79 Å². The maximum atomic E-state index is 13.3. The van der Waals surface area contributed by atoms with Crippen LogP contribution in [0.5, 0.6) is 5.75 Å². The van der Waals surface area contributed by atoms with Crippen LogP contribution in [0.2, 0.25) is 0 Å². The van der Waals surface area contributed by atoms with Crippen molar-refractivity contribution in [3.05, 3.63) is 58.0 Å². The predicted octanol–water partition coefficient (Wildman–Crippen LogP) is 0.655. The molecule has 3 heterocycles. The molecule has 2 aliphatic heterocycles. The minimum atomic E-state index is -0.192. The van der Waals surface area contributed by atoms with Gasteiger partial charge in [-0.25, -0.2) is 15.0 Å². The molecule has 1 aromatic heterocycles. The maximum absolute atomic E-state index is 13.3. The van der Waals surface area contributed by atoms with Gasteiger partial charge in [0.25, 0.3) is 5.91 Å². The number of halogens is 1. The smallest absolute Gasteiger partial charge is 0.428 e.